The van der Waals surface area contributed by atoms with Crippen LogP contribution >= 0.6 is 0 Å². The van der Waals surface area contributed by atoms with Crippen molar-refractivity contribution in [3.05, 3.63) is 29.8 Å². The molecule has 3 nitrogen and oxygen atoms in total. The number of phenols is 1. The van der Waals surface area contributed by atoms with E-state index in [2.05, 4.69) is 5.32 Å². The van der Waals surface area contributed by atoms with Gasteiger partial charge < -0.3 is 15.5 Å². The van der Waals surface area contributed by atoms with E-state index in [0.717, 1.165) is 24.9 Å². The van der Waals surface area contributed by atoms with Gasteiger partial charge in [-0.05, 0) is 44.0 Å². The Bertz CT molecular complexity index is 339. The number of nitrogens with one attached hydrogen (secondary N) is 1. The van der Waals surface area contributed by atoms with E-state index >= 15 is 0 Å². The van der Waals surface area contributed by atoms with E-state index in [-0.39, 0.29) is 11.8 Å². The molecule has 1 fully saturated rings. The van der Waals surface area contributed by atoms with E-state index in [1.165, 1.54) is 0 Å². The van der Waals surface area contributed by atoms with Crippen molar-refractivity contribution in [2.75, 3.05) is 6.54 Å². The van der Waals surface area contributed by atoms with Crippen LogP contribution in [0, 0.1) is 0 Å². The van der Waals surface area contributed by atoms with E-state index in [1.807, 2.05) is 19.1 Å². The van der Waals surface area contributed by atoms with Crippen molar-refractivity contribution in [2.24, 2.45) is 0 Å². The quantitative estimate of drug-likeness (QED) is 0.724. The zero-order valence-corrected chi connectivity index (χ0v) is 9.61. The molecule has 0 bridgehead atoms. The van der Waals surface area contributed by atoms with Gasteiger partial charge in [-0.2, -0.15) is 0 Å². The monoisotopic (exact) mass is 221 g/mol. The number of hydrogen-bond donors (Lipinski definition) is 3. The summed E-state index contributed by atoms with van der Waals surface area (Å²) in [6.07, 6.45) is 2.78. The second kappa shape index (κ2) is 4.44. The first-order valence-electron chi connectivity index (χ1n) is 5.81. The lowest BCUT2D eigenvalue weighted by atomic mass is 9.88. The molecular weight excluding hydrogens is 202 g/mol. The van der Waals surface area contributed by atoms with Crippen LogP contribution < -0.4 is 5.32 Å². The van der Waals surface area contributed by atoms with Crippen molar-refractivity contribution in [3.63, 3.8) is 0 Å². The largest absolute Gasteiger partial charge is 0.508 e. The SMILES string of the molecule is CC(O)(Cc1ccc(O)cc1)C1CCCN1. The summed E-state index contributed by atoms with van der Waals surface area (Å²) in [5, 5.41) is 22.9. The Balaban J connectivity index is 2.04. The van der Waals surface area contributed by atoms with Crippen LogP contribution in [-0.4, -0.2) is 28.4 Å². The van der Waals surface area contributed by atoms with Gasteiger partial charge in [0.15, 0.2) is 0 Å². The normalized spacial score (nSPS) is 24.2. The molecule has 0 radical (unpaired) electrons. The maximum absolute atomic E-state index is 10.4. The maximum atomic E-state index is 10.4. The molecule has 1 aliphatic heterocycles. The van der Waals surface area contributed by atoms with Gasteiger partial charge in [-0.1, -0.05) is 12.1 Å². The highest BCUT2D eigenvalue weighted by atomic mass is 16.3. The van der Waals surface area contributed by atoms with Crippen LogP contribution in [0.4, 0.5) is 0 Å². The minimum absolute atomic E-state index is 0.182. The highest BCUT2D eigenvalue weighted by Gasteiger charge is 2.33. The van der Waals surface area contributed by atoms with E-state index in [0.29, 0.717) is 6.42 Å². The molecule has 0 aliphatic carbocycles. The number of hydrogen-bond acceptors (Lipinski definition) is 3. The molecule has 1 aromatic rings. The molecule has 3 heteroatoms. The average molecular weight is 221 g/mol. The molecule has 1 saturated heterocycles. The summed E-state index contributed by atoms with van der Waals surface area (Å²) in [6.45, 7) is 2.87. The third-order valence-corrected chi connectivity index (χ3v) is 3.31. The van der Waals surface area contributed by atoms with Crippen LogP contribution in [0.1, 0.15) is 25.3 Å². The van der Waals surface area contributed by atoms with Gasteiger partial charge in [-0.15, -0.1) is 0 Å². The highest BCUT2D eigenvalue weighted by Crippen LogP contribution is 2.24. The Labute approximate surface area is 96.1 Å². The van der Waals surface area contributed by atoms with Crippen LogP contribution in [0.3, 0.4) is 0 Å². The predicted octanol–water partition coefficient (Wildman–Crippen LogP) is 1.44. The van der Waals surface area contributed by atoms with Gasteiger partial charge in [-0.25, -0.2) is 0 Å². The first kappa shape index (κ1) is 11.4. The van der Waals surface area contributed by atoms with Gasteiger partial charge in [0.25, 0.3) is 0 Å². The molecule has 3 N–H and O–H groups in total. The summed E-state index contributed by atoms with van der Waals surface area (Å²) < 4.78 is 0. The lowest BCUT2D eigenvalue weighted by molar-refractivity contribution is 0.0262. The third kappa shape index (κ3) is 2.54. The zero-order chi connectivity index (χ0) is 11.6. The second-order valence-corrected chi connectivity index (χ2v) is 4.85. The van der Waals surface area contributed by atoms with Gasteiger partial charge in [0.1, 0.15) is 5.75 Å². The molecular formula is C13H19NO2. The Morgan fingerprint density at radius 1 is 1.38 bits per heavy atom. The van der Waals surface area contributed by atoms with Crippen molar-refractivity contribution in [3.8, 4) is 5.75 Å². The van der Waals surface area contributed by atoms with E-state index < -0.39 is 5.60 Å². The van der Waals surface area contributed by atoms with Crippen molar-refractivity contribution in [2.45, 2.75) is 37.8 Å². The number of aliphatic hydroxyl groups is 1. The highest BCUT2D eigenvalue weighted by molar-refractivity contribution is 5.27. The molecule has 0 amide bonds. The fourth-order valence-corrected chi connectivity index (χ4v) is 2.37. The van der Waals surface area contributed by atoms with Crippen LogP contribution in [0.15, 0.2) is 24.3 Å². The van der Waals surface area contributed by atoms with Crippen molar-refractivity contribution < 1.29 is 10.2 Å². The zero-order valence-electron chi connectivity index (χ0n) is 9.61. The van der Waals surface area contributed by atoms with E-state index in [1.54, 1.807) is 12.1 Å². The van der Waals surface area contributed by atoms with Crippen LogP contribution in [-0.2, 0) is 6.42 Å². The Kier molecular flexibility index (Phi) is 3.17. The average Bonchev–Trinajstić information content (AvgIpc) is 2.75. The minimum atomic E-state index is -0.715. The first-order chi connectivity index (χ1) is 7.58. The maximum Gasteiger partial charge on any atom is 0.115 e. The molecule has 1 aliphatic rings. The number of benzene rings is 1. The fourth-order valence-electron chi connectivity index (χ4n) is 2.37. The summed E-state index contributed by atoms with van der Waals surface area (Å²) in [7, 11) is 0. The Morgan fingerprint density at radius 3 is 2.62 bits per heavy atom. The Hall–Kier alpha value is -1.06. The summed E-state index contributed by atoms with van der Waals surface area (Å²) >= 11 is 0. The molecule has 0 aromatic heterocycles. The summed E-state index contributed by atoms with van der Waals surface area (Å²) in [5.74, 6) is 0.266. The van der Waals surface area contributed by atoms with E-state index in [4.69, 9.17) is 0 Å². The lowest BCUT2D eigenvalue weighted by Crippen LogP contribution is -2.46. The van der Waals surface area contributed by atoms with E-state index in [9.17, 15) is 10.2 Å². The summed E-state index contributed by atoms with van der Waals surface area (Å²) in [6, 6.07) is 7.22. The molecule has 2 atom stereocenters. The van der Waals surface area contributed by atoms with Crippen molar-refractivity contribution in [1.29, 1.82) is 0 Å². The molecule has 0 saturated carbocycles. The standard InChI is InChI=1S/C13H19NO2/c1-13(16,12-3-2-8-14-12)9-10-4-6-11(15)7-5-10/h4-7,12,14-16H,2-3,8-9H2,1H3. The van der Waals surface area contributed by atoms with Crippen molar-refractivity contribution >= 4 is 0 Å². The lowest BCUT2D eigenvalue weighted by Gasteiger charge is -2.30. The molecule has 88 valence electrons. The molecule has 2 unspecified atom stereocenters. The topological polar surface area (TPSA) is 52.5 Å². The number of rotatable bonds is 3. The second-order valence-electron chi connectivity index (χ2n) is 4.85. The van der Waals surface area contributed by atoms with Gasteiger partial charge in [-0.3, -0.25) is 0 Å². The molecule has 2 rings (SSSR count). The van der Waals surface area contributed by atoms with Crippen LogP contribution in [0.2, 0.25) is 0 Å². The smallest absolute Gasteiger partial charge is 0.115 e. The van der Waals surface area contributed by atoms with Gasteiger partial charge >= 0.3 is 0 Å². The first-order valence-corrected chi connectivity index (χ1v) is 5.81. The number of phenolic OH excluding ortho intramolecular Hbond substituents is 1. The van der Waals surface area contributed by atoms with Gasteiger partial charge in [0.2, 0.25) is 0 Å². The summed E-state index contributed by atoms with van der Waals surface area (Å²) in [4.78, 5) is 0. The van der Waals surface area contributed by atoms with Crippen LogP contribution in [0.25, 0.3) is 0 Å². The predicted molar refractivity (Wildman–Crippen MR) is 63.5 cm³/mol. The fraction of sp³-hybridized carbons (Fsp3) is 0.538. The Morgan fingerprint density at radius 2 is 2.06 bits per heavy atom. The minimum Gasteiger partial charge on any atom is -0.508 e. The molecule has 0 spiro atoms. The van der Waals surface area contributed by atoms with Crippen LogP contribution in [0.5, 0.6) is 5.75 Å². The van der Waals surface area contributed by atoms with Gasteiger partial charge in [0, 0.05) is 12.5 Å². The van der Waals surface area contributed by atoms with Crippen molar-refractivity contribution in [1.82, 2.24) is 5.32 Å². The summed E-state index contributed by atoms with van der Waals surface area (Å²) in [5.41, 5.74) is 0.338. The van der Waals surface area contributed by atoms with Gasteiger partial charge in [0.05, 0.1) is 5.60 Å². The third-order valence-electron chi connectivity index (χ3n) is 3.31. The molecule has 1 aromatic carbocycles. The number of aromatic hydroxyl groups is 1. The molecule has 1 heterocycles. The molecule has 16 heavy (non-hydrogen) atoms.